The maximum absolute atomic E-state index is 13.2. The number of ether oxygens (including phenoxy) is 1. The van der Waals surface area contributed by atoms with Crippen molar-refractivity contribution in [3.8, 4) is 5.75 Å². The van der Waals surface area contributed by atoms with E-state index >= 15 is 0 Å². The summed E-state index contributed by atoms with van der Waals surface area (Å²) in [6.07, 6.45) is 0. The van der Waals surface area contributed by atoms with Crippen LogP contribution in [0.5, 0.6) is 5.75 Å². The van der Waals surface area contributed by atoms with Crippen molar-refractivity contribution >= 4 is 27.9 Å². The maximum Gasteiger partial charge on any atom is 0.256 e. The van der Waals surface area contributed by atoms with Gasteiger partial charge in [-0.1, -0.05) is 48.5 Å². The molecular weight excluding hydrogens is 478 g/mol. The molecule has 1 aromatic heterocycles. The van der Waals surface area contributed by atoms with E-state index in [4.69, 9.17) is 4.74 Å². The number of rotatable bonds is 7. The van der Waals surface area contributed by atoms with Crippen LogP contribution < -0.4 is 15.0 Å². The second-order valence-corrected chi connectivity index (χ2v) is 10.6. The lowest BCUT2D eigenvalue weighted by Crippen LogP contribution is -2.48. The van der Waals surface area contributed by atoms with E-state index < -0.39 is 0 Å². The van der Waals surface area contributed by atoms with Crippen LogP contribution in [0, 0.1) is 13.8 Å². The van der Waals surface area contributed by atoms with Crippen molar-refractivity contribution < 1.29 is 9.53 Å². The first-order chi connectivity index (χ1) is 18.0. The van der Waals surface area contributed by atoms with Gasteiger partial charge >= 0.3 is 0 Å². The summed E-state index contributed by atoms with van der Waals surface area (Å²) in [6, 6.07) is 28.4. The third-order valence-electron chi connectivity index (χ3n) is 7.20. The van der Waals surface area contributed by atoms with Crippen LogP contribution in [0.2, 0.25) is 0 Å². The molecule has 1 fully saturated rings. The molecule has 1 amide bonds. The molecule has 0 bridgehead atoms. The number of para-hydroxylation sites is 1. The summed E-state index contributed by atoms with van der Waals surface area (Å²) in [5, 5.41) is 4.18. The maximum atomic E-state index is 13.2. The summed E-state index contributed by atoms with van der Waals surface area (Å²) >= 11 is 1.66. The molecule has 1 atom stereocenters. The minimum absolute atomic E-state index is 0.0276. The van der Waals surface area contributed by atoms with Crippen molar-refractivity contribution in [3.05, 3.63) is 112 Å². The van der Waals surface area contributed by atoms with Gasteiger partial charge in [-0.15, -0.1) is 11.3 Å². The Morgan fingerprint density at radius 2 is 1.49 bits per heavy atom. The molecule has 2 heterocycles. The van der Waals surface area contributed by atoms with Crippen molar-refractivity contribution in [1.82, 2.24) is 4.90 Å². The van der Waals surface area contributed by atoms with E-state index in [0.717, 1.165) is 36.9 Å². The Morgan fingerprint density at radius 1 is 0.865 bits per heavy atom. The van der Waals surface area contributed by atoms with Gasteiger partial charge in [0.25, 0.3) is 5.91 Å². The van der Waals surface area contributed by atoms with Gasteiger partial charge in [-0.3, -0.25) is 9.69 Å². The number of carbonyl (C=O) groups is 1. The number of nitrogens with zero attached hydrogens (tertiary/aromatic N) is 2. The Hall–Kier alpha value is -3.61. The molecule has 5 nitrogen and oxygen atoms in total. The normalized spacial score (nSPS) is 14.8. The molecule has 3 aromatic carbocycles. The number of anilines is 2. The molecule has 0 spiro atoms. The van der Waals surface area contributed by atoms with Crippen LogP contribution in [0.25, 0.3) is 0 Å². The lowest BCUT2D eigenvalue weighted by atomic mass is 9.94. The quantitative estimate of drug-likeness (QED) is 0.306. The van der Waals surface area contributed by atoms with Crippen molar-refractivity contribution in [2.75, 3.05) is 43.5 Å². The molecule has 1 saturated heterocycles. The van der Waals surface area contributed by atoms with Gasteiger partial charge in [-0.2, -0.15) is 0 Å². The number of thiophene rings is 1. The highest BCUT2D eigenvalue weighted by molar-refractivity contribution is 7.16. The molecule has 1 N–H and O–H groups in total. The summed E-state index contributed by atoms with van der Waals surface area (Å²) in [5.74, 6) is 0.762. The second kappa shape index (κ2) is 11.2. The van der Waals surface area contributed by atoms with Crippen molar-refractivity contribution in [2.24, 2.45) is 0 Å². The first kappa shape index (κ1) is 25.1. The van der Waals surface area contributed by atoms with Gasteiger partial charge in [0, 0.05) is 47.9 Å². The van der Waals surface area contributed by atoms with Crippen molar-refractivity contribution in [1.29, 1.82) is 0 Å². The molecule has 4 aromatic rings. The predicted octanol–water partition coefficient (Wildman–Crippen LogP) is 6.54. The molecule has 37 heavy (non-hydrogen) atoms. The number of nitrogens with one attached hydrogen (secondary N) is 1. The largest absolute Gasteiger partial charge is 0.497 e. The number of aryl methyl sites for hydroxylation is 1. The summed E-state index contributed by atoms with van der Waals surface area (Å²) in [7, 11) is 1.69. The first-order valence-corrected chi connectivity index (χ1v) is 13.5. The van der Waals surface area contributed by atoms with E-state index in [0.29, 0.717) is 5.56 Å². The third-order valence-corrected chi connectivity index (χ3v) is 8.34. The van der Waals surface area contributed by atoms with E-state index in [1.807, 2.05) is 42.5 Å². The van der Waals surface area contributed by atoms with Gasteiger partial charge in [0.05, 0.1) is 13.2 Å². The summed E-state index contributed by atoms with van der Waals surface area (Å²) in [5.41, 5.74) is 5.55. The highest BCUT2D eigenvalue weighted by Crippen LogP contribution is 2.43. The van der Waals surface area contributed by atoms with Crippen LogP contribution in [0.1, 0.15) is 38.0 Å². The topological polar surface area (TPSA) is 44.8 Å². The zero-order valence-electron chi connectivity index (χ0n) is 21.6. The van der Waals surface area contributed by atoms with Crippen LogP contribution in [-0.2, 0) is 0 Å². The van der Waals surface area contributed by atoms with E-state index in [2.05, 4.69) is 71.4 Å². The molecule has 6 heteroatoms. The average Bonchev–Trinajstić information content (AvgIpc) is 3.22. The van der Waals surface area contributed by atoms with Gasteiger partial charge in [0.1, 0.15) is 10.8 Å². The Bertz CT molecular complexity index is 1330. The molecule has 0 saturated carbocycles. The van der Waals surface area contributed by atoms with Gasteiger partial charge in [-0.25, -0.2) is 0 Å². The van der Waals surface area contributed by atoms with Crippen LogP contribution in [0.3, 0.4) is 0 Å². The average molecular weight is 512 g/mol. The lowest BCUT2D eigenvalue weighted by Gasteiger charge is -2.41. The molecule has 0 radical (unpaired) electrons. The third kappa shape index (κ3) is 5.41. The number of hydrogen-bond acceptors (Lipinski definition) is 5. The Kier molecular flexibility index (Phi) is 7.58. The second-order valence-electron chi connectivity index (χ2n) is 9.38. The van der Waals surface area contributed by atoms with E-state index in [1.54, 1.807) is 18.4 Å². The van der Waals surface area contributed by atoms with Gasteiger partial charge in [0.2, 0.25) is 0 Å². The van der Waals surface area contributed by atoms with Gasteiger partial charge in [0.15, 0.2) is 0 Å². The molecular formula is C31H33N3O2S. The summed E-state index contributed by atoms with van der Waals surface area (Å²) < 4.78 is 5.44. The first-order valence-electron chi connectivity index (χ1n) is 12.7. The van der Waals surface area contributed by atoms with Crippen molar-refractivity contribution in [2.45, 2.75) is 19.9 Å². The molecule has 1 aliphatic heterocycles. The molecule has 0 aliphatic carbocycles. The van der Waals surface area contributed by atoms with E-state index in [9.17, 15) is 4.79 Å². The fraction of sp³-hybridized carbons (Fsp3) is 0.258. The fourth-order valence-corrected chi connectivity index (χ4v) is 6.14. The SMILES string of the molecule is COc1ccc(C(c2c(NC(=O)c3ccccc3)sc(C)c2C)N2CCN(c3ccccc3)CC2)cc1. The van der Waals surface area contributed by atoms with Gasteiger partial charge < -0.3 is 15.0 Å². The van der Waals surface area contributed by atoms with Crippen LogP contribution in [-0.4, -0.2) is 44.1 Å². The number of piperazine rings is 1. The van der Waals surface area contributed by atoms with Crippen LogP contribution in [0.15, 0.2) is 84.9 Å². The van der Waals surface area contributed by atoms with Crippen LogP contribution in [0.4, 0.5) is 10.7 Å². The smallest absolute Gasteiger partial charge is 0.256 e. The predicted molar refractivity (Wildman–Crippen MR) is 153 cm³/mol. The minimum atomic E-state index is -0.0783. The number of amides is 1. The summed E-state index contributed by atoms with van der Waals surface area (Å²) in [4.78, 5) is 19.4. The number of methoxy groups -OCH3 is 1. The van der Waals surface area contributed by atoms with Crippen LogP contribution >= 0.6 is 11.3 Å². The monoisotopic (exact) mass is 511 g/mol. The lowest BCUT2D eigenvalue weighted by molar-refractivity contribution is 0.102. The highest BCUT2D eigenvalue weighted by atomic mass is 32.1. The van der Waals surface area contributed by atoms with E-state index in [1.165, 1.54) is 27.3 Å². The Morgan fingerprint density at radius 3 is 2.11 bits per heavy atom. The Labute approximate surface area is 223 Å². The number of benzene rings is 3. The molecule has 1 unspecified atom stereocenters. The highest BCUT2D eigenvalue weighted by Gasteiger charge is 2.31. The number of carbonyl (C=O) groups excluding carboxylic acids is 1. The van der Waals surface area contributed by atoms with E-state index in [-0.39, 0.29) is 11.9 Å². The molecule has 1 aliphatic rings. The summed E-state index contributed by atoms with van der Waals surface area (Å²) in [6.45, 7) is 8.06. The number of hydrogen-bond donors (Lipinski definition) is 1. The molecule has 190 valence electrons. The zero-order chi connectivity index (χ0) is 25.8. The van der Waals surface area contributed by atoms with Gasteiger partial charge in [-0.05, 0) is 61.4 Å². The fourth-order valence-electron chi connectivity index (χ4n) is 5.05. The standard InChI is InChI=1S/C31H33N3O2S/c1-22-23(2)37-31(32-30(35)25-10-6-4-7-11-25)28(22)29(24-14-16-27(36-3)17-15-24)34-20-18-33(19-21-34)26-12-8-5-9-13-26/h4-17,29H,18-21H2,1-3H3,(H,32,35). The van der Waals surface area contributed by atoms with Crippen molar-refractivity contribution in [3.63, 3.8) is 0 Å². The minimum Gasteiger partial charge on any atom is -0.497 e. The molecule has 5 rings (SSSR count). The zero-order valence-corrected chi connectivity index (χ0v) is 22.4. The Balaban J connectivity index is 1.49.